The molecule has 0 spiro atoms. The van der Waals surface area contributed by atoms with Gasteiger partial charge in [0.05, 0.1) is 25.5 Å². The van der Waals surface area contributed by atoms with Crippen molar-refractivity contribution in [2.75, 3.05) is 65.5 Å². The Morgan fingerprint density at radius 1 is 1.43 bits per heavy atom. The molecule has 1 saturated heterocycles. The van der Waals surface area contributed by atoms with Crippen LogP contribution < -0.4 is 10.2 Å². The summed E-state index contributed by atoms with van der Waals surface area (Å²) in [4.78, 5) is 25.1. The molecule has 0 saturated carbocycles. The first-order valence-electron chi connectivity index (χ1n) is 9.87. The van der Waals surface area contributed by atoms with Crippen LogP contribution in [0.25, 0.3) is 11.1 Å². The molecular weight excluding hydrogens is 389 g/mol. The van der Waals surface area contributed by atoms with Crippen molar-refractivity contribution in [3.63, 3.8) is 0 Å². The molecule has 0 radical (unpaired) electrons. The summed E-state index contributed by atoms with van der Waals surface area (Å²) >= 11 is 0. The molecule has 1 aliphatic heterocycles. The maximum Gasteiger partial charge on any atom is 0.234 e. The maximum absolute atomic E-state index is 13.8. The molecule has 1 amide bonds. The Morgan fingerprint density at radius 2 is 2.27 bits per heavy atom. The van der Waals surface area contributed by atoms with Crippen molar-refractivity contribution in [1.29, 1.82) is 0 Å². The predicted octanol–water partition coefficient (Wildman–Crippen LogP) is 1.48. The molecule has 0 aliphatic carbocycles. The van der Waals surface area contributed by atoms with Gasteiger partial charge >= 0.3 is 0 Å². The summed E-state index contributed by atoms with van der Waals surface area (Å²) in [5.41, 5.74) is 2.09. The Hall–Kier alpha value is -2.62. The quantitative estimate of drug-likeness (QED) is 0.652. The van der Waals surface area contributed by atoms with E-state index < -0.39 is 0 Å². The lowest BCUT2D eigenvalue weighted by Crippen LogP contribution is -2.45. The van der Waals surface area contributed by atoms with E-state index in [1.54, 1.807) is 19.4 Å². The molecule has 9 heteroatoms. The van der Waals surface area contributed by atoms with Crippen LogP contribution in [-0.2, 0) is 14.3 Å². The van der Waals surface area contributed by atoms with Gasteiger partial charge in [0.1, 0.15) is 11.9 Å². The van der Waals surface area contributed by atoms with E-state index in [1.165, 1.54) is 12.1 Å². The molecule has 2 heterocycles. The molecule has 1 unspecified atom stereocenters. The molecule has 1 fully saturated rings. The van der Waals surface area contributed by atoms with Gasteiger partial charge in [0.25, 0.3) is 0 Å². The van der Waals surface area contributed by atoms with E-state index in [-0.39, 0.29) is 24.4 Å². The Kier molecular flexibility index (Phi) is 7.67. The number of ether oxygens (including phenoxy) is 2. The highest BCUT2D eigenvalue weighted by atomic mass is 19.1. The fourth-order valence-corrected chi connectivity index (χ4v) is 3.29. The van der Waals surface area contributed by atoms with Gasteiger partial charge in [0.2, 0.25) is 11.9 Å². The minimum atomic E-state index is -0.356. The summed E-state index contributed by atoms with van der Waals surface area (Å²) in [6.45, 7) is 2.84. The molecule has 162 valence electrons. The smallest absolute Gasteiger partial charge is 0.234 e. The highest BCUT2D eigenvalue weighted by molar-refractivity contribution is 5.78. The molecule has 1 aliphatic rings. The van der Waals surface area contributed by atoms with Crippen LogP contribution in [0.1, 0.15) is 11.8 Å². The second-order valence-electron chi connectivity index (χ2n) is 7.31. The third-order valence-corrected chi connectivity index (χ3v) is 4.79. The topological polar surface area (TPSA) is 79.8 Å². The number of carbonyl (C=O) groups excluding carboxylic acids is 1. The van der Waals surface area contributed by atoms with Crippen molar-refractivity contribution in [3.05, 3.63) is 42.0 Å². The Balaban J connectivity index is 1.82. The van der Waals surface area contributed by atoms with E-state index in [2.05, 4.69) is 10.3 Å². The minimum absolute atomic E-state index is 0.0604. The number of benzene rings is 1. The van der Waals surface area contributed by atoms with Gasteiger partial charge < -0.3 is 19.7 Å². The number of morpholine rings is 1. The van der Waals surface area contributed by atoms with Gasteiger partial charge in [0, 0.05) is 52.6 Å². The van der Waals surface area contributed by atoms with Crippen LogP contribution in [0.15, 0.2) is 30.5 Å². The second kappa shape index (κ2) is 10.4. The molecular formula is C21H28FN5O3. The van der Waals surface area contributed by atoms with E-state index in [0.717, 1.165) is 5.56 Å². The van der Waals surface area contributed by atoms with Crippen LogP contribution in [0, 0.1) is 5.82 Å². The monoisotopic (exact) mass is 417 g/mol. The lowest BCUT2D eigenvalue weighted by atomic mass is 10.0. The Bertz CT molecular complexity index is 864. The first-order chi connectivity index (χ1) is 14.5. The van der Waals surface area contributed by atoms with Crippen molar-refractivity contribution >= 4 is 11.9 Å². The lowest BCUT2D eigenvalue weighted by Gasteiger charge is -2.33. The Labute approximate surface area is 176 Å². The van der Waals surface area contributed by atoms with Crippen molar-refractivity contribution in [2.24, 2.45) is 0 Å². The number of aromatic nitrogens is 2. The third kappa shape index (κ3) is 5.71. The lowest BCUT2D eigenvalue weighted by molar-refractivity contribution is -0.124. The summed E-state index contributed by atoms with van der Waals surface area (Å²) in [5, 5.41) is 2.83. The van der Waals surface area contributed by atoms with Crippen LogP contribution in [0.2, 0.25) is 0 Å². The largest absolute Gasteiger partial charge is 0.383 e. The van der Waals surface area contributed by atoms with Crippen molar-refractivity contribution in [1.82, 2.24) is 20.2 Å². The summed E-state index contributed by atoms with van der Waals surface area (Å²) in [6.07, 6.45) is 1.34. The zero-order chi connectivity index (χ0) is 21.5. The Morgan fingerprint density at radius 3 is 3.00 bits per heavy atom. The SMILES string of the molecule is COCCNC(=O)CN1CCOC(c2nc(N(C)C)ncc2-c2cccc(F)c2)C1. The van der Waals surface area contributed by atoms with Gasteiger partial charge in [-0.3, -0.25) is 9.69 Å². The van der Waals surface area contributed by atoms with Gasteiger partial charge in [0.15, 0.2) is 0 Å². The summed E-state index contributed by atoms with van der Waals surface area (Å²) in [5.74, 6) is 0.159. The van der Waals surface area contributed by atoms with Gasteiger partial charge in [-0.2, -0.15) is 0 Å². The second-order valence-corrected chi connectivity index (χ2v) is 7.31. The molecule has 1 atom stereocenters. The summed E-state index contributed by atoms with van der Waals surface area (Å²) in [7, 11) is 5.32. The number of halogens is 1. The summed E-state index contributed by atoms with van der Waals surface area (Å²) in [6, 6.07) is 6.35. The number of anilines is 1. The number of amides is 1. The molecule has 1 aromatic carbocycles. The number of hydrogen-bond donors (Lipinski definition) is 1. The van der Waals surface area contributed by atoms with E-state index in [4.69, 9.17) is 14.5 Å². The predicted molar refractivity (Wildman–Crippen MR) is 112 cm³/mol. The summed E-state index contributed by atoms with van der Waals surface area (Å²) < 4.78 is 24.8. The van der Waals surface area contributed by atoms with Crippen molar-refractivity contribution in [2.45, 2.75) is 6.10 Å². The van der Waals surface area contributed by atoms with Crippen molar-refractivity contribution in [3.8, 4) is 11.1 Å². The third-order valence-electron chi connectivity index (χ3n) is 4.79. The number of nitrogens with one attached hydrogen (secondary N) is 1. The van der Waals surface area contributed by atoms with Crippen molar-refractivity contribution < 1.29 is 18.7 Å². The van der Waals surface area contributed by atoms with E-state index >= 15 is 0 Å². The molecule has 1 aromatic heterocycles. The molecule has 1 N–H and O–H groups in total. The van der Waals surface area contributed by atoms with Gasteiger partial charge in [-0.25, -0.2) is 14.4 Å². The van der Waals surface area contributed by atoms with E-state index in [0.29, 0.717) is 50.1 Å². The fourth-order valence-electron chi connectivity index (χ4n) is 3.29. The number of rotatable bonds is 8. The van der Waals surface area contributed by atoms with Gasteiger partial charge in [-0.05, 0) is 17.7 Å². The number of carbonyl (C=O) groups is 1. The van der Waals surface area contributed by atoms with Crippen LogP contribution in [0.4, 0.5) is 10.3 Å². The van der Waals surface area contributed by atoms with E-state index in [9.17, 15) is 9.18 Å². The molecule has 0 bridgehead atoms. The minimum Gasteiger partial charge on any atom is -0.383 e. The number of hydrogen-bond acceptors (Lipinski definition) is 7. The molecule has 8 nitrogen and oxygen atoms in total. The number of methoxy groups -OCH3 is 1. The first kappa shape index (κ1) is 22.1. The van der Waals surface area contributed by atoms with Crippen LogP contribution in [-0.4, -0.2) is 81.4 Å². The number of nitrogens with zero attached hydrogens (tertiary/aromatic N) is 4. The zero-order valence-corrected chi connectivity index (χ0v) is 17.6. The average Bonchev–Trinajstić information content (AvgIpc) is 2.73. The molecule has 2 aromatic rings. The standard InChI is InChI=1S/C21H28FN5O3/c1-26(2)21-24-12-17(15-5-4-6-16(22)11-15)20(25-21)18-13-27(8-10-30-18)14-19(28)23-7-9-29-3/h4-6,11-12,18H,7-10,13-14H2,1-3H3,(H,23,28). The highest BCUT2D eigenvalue weighted by Crippen LogP contribution is 2.31. The van der Waals surface area contributed by atoms with Crippen LogP contribution in [0.3, 0.4) is 0 Å². The van der Waals surface area contributed by atoms with Crippen LogP contribution in [0.5, 0.6) is 0 Å². The average molecular weight is 417 g/mol. The fraction of sp³-hybridized carbons (Fsp3) is 0.476. The van der Waals surface area contributed by atoms with E-state index in [1.807, 2.05) is 30.0 Å². The molecule has 30 heavy (non-hydrogen) atoms. The van der Waals surface area contributed by atoms with Gasteiger partial charge in [-0.15, -0.1) is 0 Å². The van der Waals surface area contributed by atoms with Crippen LogP contribution >= 0.6 is 0 Å². The zero-order valence-electron chi connectivity index (χ0n) is 17.6. The first-order valence-corrected chi connectivity index (χ1v) is 9.87. The normalized spacial score (nSPS) is 17.0. The van der Waals surface area contributed by atoms with Gasteiger partial charge in [-0.1, -0.05) is 12.1 Å². The molecule has 3 rings (SSSR count). The maximum atomic E-state index is 13.8. The highest BCUT2D eigenvalue weighted by Gasteiger charge is 2.28.